The van der Waals surface area contributed by atoms with Crippen LogP contribution in [0.5, 0.6) is 11.5 Å². The number of ether oxygens (including phenoxy) is 2. The third-order valence-corrected chi connectivity index (χ3v) is 10.7. The Hall–Kier alpha value is -1.81. The molecule has 0 saturated carbocycles. The van der Waals surface area contributed by atoms with E-state index < -0.39 is 7.72 Å². The van der Waals surface area contributed by atoms with E-state index in [2.05, 4.69) is 75.1 Å². The molecule has 1 aliphatic rings. The molecule has 1 fully saturated rings. The first-order chi connectivity index (χ1) is 18.5. The van der Waals surface area contributed by atoms with Crippen LogP contribution in [0.25, 0.3) is 0 Å². The largest absolute Gasteiger partial charge is 0.497 e. The minimum Gasteiger partial charge on any atom is -0.497 e. The second-order valence-electron chi connectivity index (χ2n) is 12.4. The Bertz CT molecular complexity index is 1010. The molecule has 1 aliphatic heterocycles. The summed E-state index contributed by atoms with van der Waals surface area (Å²) in [6.45, 7) is 16.3. The van der Waals surface area contributed by atoms with Gasteiger partial charge >= 0.3 is 0 Å². The van der Waals surface area contributed by atoms with Gasteiger partial charge in [-0.3, -0.25) is 0 Å². The van der Waals surface area contributed by atoms with Crippen LogP contribution in [0.1, 0.15) is 77.8 Å². The molecule has 1 heterocycles. The van der Waals surface area contributed by atoms with Crippen molar-refractivity contribution < 1.29 is 18.9 Å². The molecule has 0 amide bonds. The van der Waals surface area contributed by atoms with Gasteiger partial charge in [-0.15, -0.1) is 0 Å². The van der Waals surface area contributed by atoms with Gasteiger partial charge in [0.25, 0.3) is 7.72 Å². The first kappa shape index (κ1) is 31.7. The molecule has 218 valence electrons. The van der Waals surface area contributed by atoms with Gasteiger partial charge in [-0.05, 0) is 86.1 Å². The van der Waals surface area contributed by atoms with Gasteiger partial charge in [0.1, 0.15) is 23.8 Å². The molecule has 1 unspecified atom stereocenters. The molecular formula is C33H53NO4P+. The standard InChI is InChI=1S/C33H53NO4P/c1-8-31(39(7,35)38-9-2)23-27-12-10-14-30(22-27)37-25-26-17-20-34(21-18-26)32-24-29(36-6)16-15-28(32)13-11-19-33(3,4)5/h10,12,14-16,22,24,26,31,35H,8-9,11,13,17-21,23,25H2,1-7H3/q+1/t31-,39?/m1/s1. The summed E-state index contributed by atoms with van der Waals surface area (Å²) in [6.07, 6.45) is 7.50. The van der Waals surface area contributed by atoms with Crippen LogP contribution >= 0.6 is 7.72 Å². The van der Waals surface area contributed by atoms with E-state index in [4.69, 9.17) is 14.0 Å². The van der Waals surface area contributed by atoms with Gasteiger partial charge in [0.15, 0.2) is 0 Å². The van der Waals surface area contributed by atoms with Gasteiger partial charge in [-0.25, -0.2) is 9.42 Å². The molecule has 0 aliphatic carbocycles. The Morgan fingerprint density at radius 2 is 1.79 bits per heavy atom. The summed E-state index contributed by atoms with van der Waals surface area (Å²) >= 11 is 0. The number of methoxy groups -OCH3 is 1. The van der Waals surface area contributed by atoms with E-state index in [-0.39, 0.29) is 5.66 Å². The van der Waals surface area contributed by atoms with Crippen molar-refractivity contribution in [3.05, 3.63) is 53.6 Å². The Morgan fingerprint density at radius 1 is 1.05 bits per heavy atom. The normalized spacial score (nSPS) is 17.1. The van der Waals surface area contributed by atoms with Crippen molar-refractivity contribution in [2.75, 3.05) is 45.0 Å². The summed E-state index contributed by atoms with van der Waals surface area (Å²) in [7, 11) is -0.626. The molecule has 2 atom stereocenters. The number of rotatable bonds is 14. The lowest BCUT2D eigenvalue weighted by atomic mass is 9.88. The maximum atomic E-state index is 10.8. The SMILES string of the molecule is CCO[P+](C)(O)[C@H](CC)Cc1cccc(OCC2CCN(c3cc(OC)ccc3CCCC(C)(C)C)CC2)c1. The fourth-order valence-corrected chi connectivity index (χ4v) is 7.55. The Morgan fingerprint density at radius 3 is 2.44 bits per heavy atom. The van der Waals surface area contributed by atoms with E-state index in [1.165, 1.54) is 29.7 Å². The number of aryl methyl sites for hydroxylation is 1. The number of piperidine rings is 1. The first-order valence-electron chi connectivity index (χ1n) is 14.9. The van der Waals surface area contributed by atoms with Crippen LogP contribution in [0.4, 0.5) is 5.69 Å². The van der Waals surface area contributed by atoms with Crippen LogP contribution in [-0.4, -0.2) is 50.6 Å². The molecule has 0 radical (unpaired) electrons. The van der Waals surface area contributed by atoms with Crippen molar-refractivity contribution in [3.8, 4) is 11.5 Å². The highest BCUT2D eigenvalue weighted by Gasteiger charge is 2.40. The summed E-state index contributed by atoms with van der Waals surface area (Å²) < 4.78 is 17.6. The van der Waals surface area contributed by atoms with Crippen molar-refractivity contribution in [3.63, 3.8) is 0 Å². The van der Waals surface area contributed by atoms with Gasteiger partial charge in [0, 0.05) is 31.3 Å². The third kappa shape index (κ3) is 9.95. The summed E-state index contributed by atoms with van der Waals surface area (Å²) in [5, 5.41) is 0. The number of nitrogens with zero attached hydrogens (tertiary/aromatic N) is 1. The number of hydrogen-bond acceptors (Lipinski definition) is 5. The van der Waals surface area contributed by atoms with Crippen molar-refractivity contribution >= 4 is 13.4 Å². The zero-order valence-corrected chi connectivity index (χ0v) is 26.4. The van der Waals surface area contributed by atoms with Gasteiger partial charge < -0.3 is 14.4 Å². The lowest BCUT2D eigenvalue weighted by molar-refractivity contribution is 0.222. The summed E-state index contributed by atoms with van der Waals surface area (Å²) in [4.78, 5) is 13.4. The molecule has 6 heteroatoms. The second-order valence-corrected chi connectivity index (χ2v) is 15.3. The molecule has 0 bridgehead atoms. The van der Waals surface area contributed by atoms with Gasteiger partial charge in [-0.1, -0.05) is 45.9 Å². The van der Waals surface area contributed by atoms with Crippen LogP contribution in [0, 0.1) is 11.3 Å². The van der Waals surface area contributed by atoms with E-state index in [1.54, 1.807) is 7.11 Å². The zero-order chi connectivity index (χ0) is 28.5. The van der Waals surface area contributed by atoms with Gasteiger partial charge in [-0.2, -0.15) is 0 Å². The summed E-state index contributed by atoms with van der Waals surface area (Å²) in [5.41, 5.74) is 4.49. The molecule has 3 rings (SSSR count). The van der Waals surface area contributed by atoms with Gasteiger partial charge in [0.05, 0.1) is 20.3 Å². The predicted octanol–water partition coefficient (Wildman–Crippen LogP) is 8.19. The smallest absolute Gasteiger partial charge is 0.271 e. The van der Waals surface area contributed by atoms with Crippen LogP contribution in [0.15, 0.2) is 42.5 Å². The topological polar surface area (TPSA) is 51.2 Å². The molecule has 0 spiro atoms. The molecule has 2 aromatic carbocycles. The van der Waals surface area contributed by atoms with Crippen molar-refractivity contribution in [1.29, 1.82) is 0 Å². The third-order valence-electron chi connectivity index (χ3n) is 8.02. The number of anilines is 1. The quantitative estimate of drug-likeness (QED) is 0.237. The second kappa shape index (κ2) is 14.7. The Kier molecular flexibility index (Phi) is 12.0. The van der Waals surface area contributed by atoms with Crippen LogP contribution in [-0.2, 0) is 17.4 Å². The highest BCUT2D eigenvalue weighted by atomic mass is 31.2. The first-order valence-corrected chi connectivity index (χ1v) is 17.1. The Labute approximate surface area is 238 Å². The maximum absolute atomic E-state index is 10.8. The Balaban J connectivity index is 1.55. The lowest BCUT2D eigenvalue weighted by Crippen LogP contribution is -2.36. The minimum absolute atomic E-state index is 0.145. The number of hydrogen-bond donors (Lipinski definition) is 1. The predicted molar refractivity (Wildman–Crippen MR) is 167 cm³/mol. The van der Waals surface area contributed by atoms with Crippen LogP contribution in [0.3, 0.4) is 0 Å². The van der Waals surface area contributed by atoms with E-state index in [9.17, 15) is 4.89 Å². The highest BCUT2D eigenvalue weighted by molar-refractivity contribution is 7.65. The molecule has 39 heavy (non-hydrogen) atoms. The molecule has 5 nitrogen and oxygen atoms in total. The molecular weight excluding hydrogens is 505 g/mol. The highest BCUT2D eigenvalue weighted by Crippen LogP contribution is 2.58. The molecule has 0 aromatic heterocycles. The van der Waals surface area contributed by atoms with Crippen molar-refractivity contribution in [2.24, 2.45) is 11.3 Å². The average molecular weight is 559 g/mol. The van der Waals surface area contributed by atoms with E-state index in [0.717, 1.165) is 63.3 Å². The maximum Gasteiger partial charge on any atom is 0.271 e. The van der Waals surface area contributed by atoms with E-state index in [0.29, 0.717) is 17.9 Å². The minimum atomic E-state index is -2.38. The fourth-order valence-electron chi connectivity index (χ4n) is 5.59. The lowest BCUT2D eigenvalue weighted by Gasteiger charge is -2.35. The van der Waals surface area contributed by atoms with Crippen LogP contribution in [0.2, 0.25) is 0 Å². The molecule has 1 saturated heterocycles. The molecule has 2 aromatic rings. The fraction of sp³-hybridized carbons (Fsp3) is 0.636. The summed E-state index contributed by atoms with van der Waals surface area (Å²) in [6, 6.07) is 15.0. The number of benzene rings is 2. The summed E-state index contributed by atoms with van der Waals surface area (Å²) in [5.74, 6) is 2.41. The van der Waals surface area contributed by atoms with E-state index in [1.807, 2.05) is 13.6 Å². The monoisotopic (exact) mass is 558 g/mol. The van der Waals surface area contributed by atoms with E-state index >= 15 is 0 Å². The zero-order valence-electron chi connectivity index (χ0n) is 25.5. The average Bonchev–Trinajstić information content (AvgIpc) is 2.90. The molecule has 1 N–H and O–H groups in total. The van der Waals surface area contributed by atoms with Crippen molar-refractivity contribution in [1.82, 2.24) is 0 Å². The van der Waals surface area contributed by atoms with Gasteiger partial charge in [0.2, 0.25) is 0 Å². The van der Waals surface area contributed by atoms with Crippen LogP contribution < -0.4 is 14.4 Å². The van der Waals surface area contributed by atoms with Crippen molar-refractivity contribution in [2.45, 2.75) is 85.2 Å².